The number of rotatable bonds is 9. The molecular weight excluding hydrogens is 386 g/mol. The van der Waals surface area contributed by atoms with Gasteiger partial charge in [0.1, 0.15) is 23.9 Å². The second kappa shape index (κ2) is 9.60. The van der Waals surface area contributed by atoms with E-state index in [2.05, 4.69) is 10.5 Å². The Kier molecular flexibility index (Phi) is 6.69. The summed E-state index contributed by atoms with van der Waals surface area (Å²) in [7, 11) is 0. The van der Waals surface area contributed by atoms with Crippen LogP contribution >= 0.6 is 0 Å². The van der Waals surface area contributed by atoms with E-state index in [9.17, 15) is 9.59 Å². The van der Waals surface area contributed by atoms with Gasteiger partial charge >= 0.3 is 0 Å². The van der Waals surface area contributed by atoms with Gasteiger partial charge in [-0.2, -0.15) is 0 Å². The van der Waals surface area contributed by atoms with Crippen molar-refractivity contribution in [1.82, 2.24) is 5.16 Å². The molecule has 2 amide bonds. The summed E-state index contributed by atoms with van der Waals surface area (Å²) in [5.74, 6) is 1.01. The molecule has 0 unspecified atom stereocenters. The predicted octanol–water partition coefficient (Wildman–Crippen LogP) is 3.38. The fourth-order valence-electron chi connectivity index (χ4n) is 2.74. The summed E-state index contributed by atoms with van der Waals surface area (Å²) in [4.78, 5) is 23.5. The van der Waals surface area contributed by atoms with Gasteiger partial charge < -0.3 is 25.0 Å². The highest BCUT2D eigenvalue weighted by atomic mass is 16.5. The predicted molar refractivity (Wildman–Crippen MR) is 110 cm³/mol. The van der Waals surface area contributed by atoms with Gasteiger partial charge in [0.2, 0.25) is 5.91 Å². The SMILES string of the molecule is Cc1noc(C)c1COc1ccccc1C(=O)Nc1ccc(OCCC(N)=O)cc1. The Morgan fingerprint density at radius 1 is 1.07 bits per heavy atom. The maximum atomic E-state index is 12.8. The van der Waals surface area contributed by atoms with Crippen molar-refractivity contribution >= 4 is 17.5 Å². The molecule has 0 aliphatic heterocycles. The van der Waals surface area contributed by atoms with Crippen LogP contribution in [-0.4, -0.2) is 23.6 Å². The Morgan fingerprint density at radius 2 is 1.80 bits per heavy atom. The van der Waals surface area contributed by atoms with Crippen LogP contribution in [0.5, 0.6) is 11.5 Å². The third-order valence-electron chi connectivity index (χ3n) is 4.41. The highest BCUT2D eigenvalue weighted by Gasteiger charge is 2.15. The Bertz CT molecular complexity index is 1010. The molecule has 30 heavy (non-hydrogen) atoms. The van der Waals surface area contributed by atoms with Crippen molar-refractivity contribution in [3.63, 3.8) is 0 Å². The van der Waals surface area contributed by atoms with Crippen LogP contribution in [-0.2, 0) is 11.4 Å². The van der Waals surface area contributed by atoms with Crippen molar-refractivity contribution in [3.05, 3.63) is 71.1 Å². The van der Waals surface area contributed by atoms with Crippen molar-refractivity contribution in [2.75, 3.05) is 11.9 Å². The molecule has 2 aromatic carbocycles. The number of nitrogens with zero attached hydrogens (tertiary/aromatic N) is 1. The first-order valence-corrected chi connectivity index (χ1v) is 9.40. The average Bonchev–Trinajstić information content (AvgIpc) is 3.05. The molecule has 3 aromatic rings. The van der Waals surface area contributed by atoms with E-state index in [1.54, 1.807) is 48.5 Å². The van der Waals surface area contributed by atoms with Crippen molar-refractivity contribution in [2.24, 2.45) is 5.73 Å². The van der Waals surface area contributed by atoms with Crippen LogP contribution in [0.3, 0.4) is 0 Å². The fourth-order valence-corrected chi connectivity index (χ4v) is 2.74. The molecule has 0 bridgehead atoms. The molecule has 0 aliphatic rings. The van der Waals surface area contributed by atoms with Gasteiger partial charge in [-0.15, -0.1) is 0 Å². The number of primary amides is 1. The van der Waals surface area contributed by atoms with Crippen LogP contribution in [0, 0.1) is 13.8 Å². The molecular formula is C22H23N3O5. The zero-order chi connectivity index (χ0) is 21.5. The summed E-state index contributed by atoms with van der Waals surface area (Å²) in [6.07, 6.45) is 0.142. The normalized spacial score (nSPS) is 10.5. The van der Waals surface area contributed by atoms with E-state index >= 15 is 0 Å². The monoisotopic (exact) mass is 409 g/mol. The standard InChI is InChI=1S/C22H23N3O5/c1-14-19(15(2)30-25-14)13-29-20-6-4-3-5-18(20)22(27)24-16-7-9-17(10-8-16)28-12-11-21(23)26/h3-10H,11-13H2,1-2H3,(H2,23,26)(H,24,27). The number of hydrogen-bond donors (Lipinski definition) is 2. The number of hydrogen-bond acceptors (Lipinski definition) is 6. The minimum Gasteiger partial charge on any atom is -0.493 e. The van der Waals surface area contributed by atoms with Crippen LogP contribution in [0.25, 0.3) is 0 Å². The summed E-state index contributed by atoms with van der Waals surface area (Å²) in [6, 6.07) is 13.8. The summed E-state index contributed by atoms with van der Waals surface area (Å²) >= 11 is 0. The molecule has 0 aliphatic carbocycles. The van der Waals surface area contributed by atoms with Crippen molar-refractivity contribution in [2.45, 2.75) is 26.9 Å². The van der Waals surface area contributed by atoms with Gasteiger partial charge in [-0.25, -0.2) is 0 Å². The number of nitrogens with two attached hydrogens (primary N) is 1. The molecule has 3 N–H and O–H groups in total. The molecule has 0 saturated carbocycles. The lowest BCUT2D eigenvalue weighted by Gasteiger charge is -2.12. The number of para-hydroxylation sites is 1. The van der Waals surface area contributed by atoms with Gasteiger partial charge in [0.15, 0.2) is 0 Å². The van der Waals surface area contributed by atoms with E-state index in [1.807, 2.05) is 13.8 Å². The van der Waals surface area contributed by atoms with Crippen LogP contribution < -0.4 is 20.5 Å². The topological polar surface area (TPSA) is 117 Å². The maximum absolute atomic E-state index is 12.8. The molecule has 0 atom stereocenters. The Labute approximate surface area is 174 Å². The van der Waals surface area contributed by atoms with Crippen molar-refractivity contribution < 1.29 is 23.6 Å². The van der Waals surface area contributed by atoms with Crippen LogP contribution in [0.2, 0.25) is 0 Å². The van der Waals surface area contributed by atoms with Crippen molar-refractivity contribution in [3.8, 4) is 11.5 Å². The number of anilines is 1. The number of aryl methyl sites for hydroxylation is 2. The quantitative estimate of drug-likeness (QED) is 0.560. The van der Waals surface area contributed by atoms with Gasteiger partial charge in [0, 0.05) is 5.69 Å². The molecule has 1 aromatic heterocycles. The molecule has 0 radical (unpaired) electrons. The molecule has 0 fully saturated rings. The molecule has 0 spiro atoms. The number of nitrogens with one attached hydrogen (secondary N) is 1. The first-order chi connectivity index (χ1) is 14.4. The third-order valence-corrected chi connectivity index (χ3v) is 4.41. The van der Waals surface area contributed by atoms with Gasteiger partial charge in [-0.3, -0.25) is 9.59 Å². The number of amides is 2. The number of carbonyl (C=O) groups excluding carboxylic acids is 2. The van der Waals surface area contributed by atoms with E-state index in [-0.39, 0.29) is 25.5 Å². The third kappa shape index (κ3) is 5.38. The minimum atomic E-state index is -0.422. The summed E-state index contributed by atoms with van der Waals surface area (Å²) in [5.41, 5.74) is 7.71. The van der Waals surface area contributed by atoms with Crippen LogP contribution in [0.15, 0.2) is 53.1 Å². The molecule has 8 heteroatoms. The molecule has 156 valence electrons. The second-order valence-electron chi connectivity index (χ2n) is 6.63. The summed E-state index contributed by atoms with van der Waals surface area (Å²) < 4.78 is 16.4. The molecule has 0 saturated heterocycles. The maximum Gasteiger partial charge on any atom is 0.259 e. The van der Waals surface area contributed by atoms with Gasteiger partial charge in [-0.05, 0) is 50.2 Å². The number of aromatic nitrogens is 1. The first kappa shape index (κ1) is 20.9. The Morgan fingerprint density at radius 3 is 2.47 bits per heavy atom. The molecule has 8 nitrogen and oxygen atoms in total. The van der Waals surface area contributed by atoms with Gasteiger partial charge in [0.25, 0.3) is 5.91 Å². The fraction of sp³-hybridized carbons (Fsp3) is 0.227. The summed E-state index contributed by atoms with van der Waals surface area (Å²) in [6.45, 7) is 4.12. The Balaban J connectivity index is 1.63. The lowest BCUT2D eigenvalue weighted by molar-refractivity contribution is -0.118. The van der Waals surface area contributed by atoms with E-state index in [0.717, 1.165) is 11.3 Å². The first-order valence-electron chi connectivity index (χ1n) is 9.40. The number of benzene rings is 2. The second-order valence-corrected chi connectivity index (χ2v) is 6.63. The largest absolute Gasteiger partial charge is 0.493 e. The van der Waals surface area contributed by atoms with Crippen LogP contribution in [0.1, 0.15) is 33.8 Å². The number of carbonyl (C=O) groups is 2. The van der Waals surface area contributed by atoms with Gasteiger partial charge in [-0.1, -0.05) is 17.3 Å². The minimum absolute atomic E-state index is 0.142. The van der Waals surface area contributed by atoms with Gasteiger partial charge in [0.05, 0.1) is 29.8 Å². The molecule has 1 heterocycles. The summed E-state index contributed by atoms with van der Waals surface area (Å²) in [5, 5.41) is 6.75. The Hall–Kier alpha value is -3.81. The van der Waals surface area contributed by atoms with E-state index in [1.165, 1.54) is 0 Å². The molecule has 3 rings (SSSR count). The average molecular weight is 409 g/mol. The highest BCUT2D eigenvalue weighted by molar-refractivity contribution is 6.06. The number of ether oxygens (including phenoxy) is 2. The van der Waals surface area contributed by atoms with E-state index in [0.29, 0.717) is 28.5 Å². The van der Waals surface area contributed by atoms with Crippen LogP contribution in [0.4, 0.5) is 5.69 Å². The zero-order valence-electron chi connectivity index (χ0n) is 16.8. The highest BCUT2D eigenvalue weighted by Crippen LogP contribution is 2.23. The lowest BCUT2D eigenvalue weighted by atomic mass is 10.1. The zero-order valence-corrected chi connectivity index (χ0v) is 16.8. The lowest BCUT2D eigenvalue weighted by Crippen LogP contribution is -2.15. The van der Waals surface area contributed by atoms with E-state index in [4.69, 9.17) is 19.7 Å². The van der Waals surface area contributed by atoms with Crippen molar-refractivity contribution in [1.29, 1.82) is 0 Å². The van der Waals surface area contributed by atoms with E-state index < -0.39 is 5.91 Å². The smallest absolute Gasteiger partial charge is 0.259 e.